The Kier molecular flexibility index (Phi) is 51.6. The molecule has 2 aliphatic rings. The molecule has 14 heteroatoms. The molecule has 12 atom stereocenters. The van der Waals surface area contributed by atoms with Crippen LogP contribution in [0, 0.1) is 0 Å². The molecule has 0 aromatic heterocycles. The summed E-state index contributed by atoms with van der Waals surface area (Å²) in [6.07, 6.45) is 69.1. The van der Waals surface area contributed by atoms with E-state index in [2.05, 4.69) is 153 Å². The molecule has 14 nitrogen and oxygen atoms in total. The van der Waals surface area contributed by atoms with E-state index in [4.69, 9.17) is 18.9 Å². The summed E-state index contributed by atoms with van der Waals surface area (Å²) in [5.41, 5.74) is 0. The number of ether oxygens (including phenoxy) is 4. The largest absolute Gasteiger partial charge is 0.394 e. The zero-order valence-electron chi connectivity index (χ0n) is 54.2. The predicted octanol–water partition coefficient (Wildman–Crippen LogP) is 13.7. The minimum atomic E-state index is -1.80. The maximum Gasteiger partial charge on any atom is 0.220 e. The smallest absolute Gasteiger partial charge is 0.220 e. The lowest BCUT2D eigenvalue weighted by Crippen LogP contribution is -2.65. The molecular formula is C74H121NO13. The van der Waals surface area contributed by atoms with Gasteiger partial charge in [0.2, 0.25) is 5.91 Å². The van der Waals surface area contributed by atoms with Crippen molar-refractivity contribution in [3.05, 3.63) is 146 Å². The van der Waals surface area contributed by atoms with Crippen molar-refractivity contribution in [3.63, 3.8) is 0 Å². The van der Waals surface area contributed by atoms with Crippen LogP contribution in [0.5, 0.6) is 0 Å². The van der Waals surface area contributed by atoms with E-state index in [9.17, 15) is 45.6 Å². The molecule has 2 aliphatic heterocycles. The van der Waals surface area contributed by atoms with E-state index < -0.39 is 86.8 Å². The summed E-state index contributed by atoms with van der Waals surface area (Å²) in [6, 6.07) is -0.943. The zero-order chi connectivity index (χ0) is 63.8. The summed E-state index contributed by atoms with van der Waals surface area (Å²) in [7, 11) is 0. The minimum absolute atomic E-state index is 0.259. The molecule has 500 valence electrons. The molecule has 0 spiro atoms. The monoisotopic (exact) mass is 1230 g/mol. The third-order valence-corrected chi connectivity index (χ3v) is 15.5. The fourth-order valence-corrected chi connectivity index (χ4v) is 10.1. The number of aliphatic hydroxyl groups excluding tert-OH is 8. The lowest BCUT2D eigenvalue weighted by molar-refractivity contribution is -0.359. The average Bonchev–Trinajstić information content (AvgIpc) is 2.45. The van der Waals surface area contributed by atoms with Gasteiger partial charge in [0.05, 0.1) is 32.0 Å². The Labute approximate surface area is 532 Å². The van der Waals surface area contributed by atoms with E-state index in [1.807, 2.05) is 6.08 Å². The molecule has 0 aromatic rings. The molecule has 0 saturated carbocycles. The van der Waals surface area contributed by atoms with Gasteiger partial charge < -0.3 is 65.1 Å². The van der Waals surface area contributed by atoms with Crippen molar-refractivity contribution in [3.8, 4) is 0 Å². The van der Waals surface area contributed by atoms with Gasteiger partial charge in [-0.25, -0.2) is 0 Å². The summed E-state index contributed by atoms with van der Waals surface area (Å²) >= 11 is 0. The van der Waals surface area contributed by atoms with Crippen LogP contribution >= 0.6 is 0 Å². The van der Waals surface area contributed by atoms with E-state index in [-0.39, 0.29) is 18.9 Å². The molecule has 0 aromatic carbocycles. The fourth-order valence-electron chi connectivity index (χ4n) is 10.1. The van der Waals surface area contributed by atoms with E-state index in [0.717, 1.165) is 103 Å². The Hall–Kier alpha value is -4.13. The molecule has 1 amide bonds. The number of allylic oxidation sites excluding steroid dienone is 23. The maximum atomic E-state index is 13.3. The van der Waals surface area contributed by atoms with Crippen LogP contribution in [0.1, 0.15) is 219 Å². The number of carbonyl (C=O) groups is 1. The molecule has 0 aliphatic carbocycles. The van der Waals surface area contributed by atoms with E-state index in [1.54, 1.807) is 6.08 Å². The molecule has 0 radical (unpaired) electrons. The highest BCUT2D eigenvalue weighted by atomic mass is 16.7. The van der Waals surface area contributed by atoms with Crippen LogP contribution in [0.3, 0.4) is 0 Å². The van der Waals surface area contributed by atoms with Crippen molar-refractivity contribution >= 4 is 5.91 Å². The fraction of sp³-hybridized carbons (Fsp3) is 0.662. The van der Waals surface area contributed by atoms with Crippen LogP contribution in [-0.4, -0.2) is 140 Å². The van der Waals surface area contributed by atoms with Crippen LogP contribution in [0.15, 0.2) is 146 Å². The first-order chi connectivity index (χ1) is 43.1. The lowest BCUT2D eigenvalue weighted by atomic mass is 9.97. The first-order valence-corrected chi connectivity index (χ1v) is 34.1. The van der Waals surface area contributed by atoms with E-state index in [0.29, 0.717) is 12.8 Å². The van der Waals surface area contributed by atoms with Gasteiger partial charge in [-0.05, 0) is 109 Å². The molecule has 9 N–H and O–H groups in total. The lowest BCUT2D eigenvalue weighted by Gasteiger charge is -2.46. The summed E-state index contributed by atoms with van der Waals surface area (Å²) in [6.45, 7) is 2.63. The van der Waals surface area contributed by atoms with E-state index >= 15 is 0 Å². The number of hydrogen-bond acceptors (Lipinski definition) is 13. The van der Waals surface area contributed by atoms with Gasteiger partial charge in [0.25, 0.3) is 0 Å². The topological polar surface area (TPSA) is 228 Å². The van der Waals surface area contributed by atoms with Gasteiger partial charge in [-0.2, -0.15) is 0 Å². The third kappa shape index (κ3) is 40.6. The Morgan fingerprint density at radius 3 is 1.25 bits per heavy atom. The molecule has 0 bridgehead atoms. The third-order valence-electron chi connectivity index (χ3n) is 15.5. The van der Waals surface area contributed by atoms with Crippen LogP contribution in [-0.2, 0) is 23.7 Å². The summed E-state index contributed by atoms with van der Waals surface area (Å²) in [4.78, 5) is 13.3. The van der Waals surface area contributed by atoms with Gasteiger partial charge in [-0.1, -0.05) is 250 Å². The zero-order valence-corrected chi connectivity index (χ0v) is 54.2. The summed E-state index contributed by atoms with van der Waals surface area (Å²) < 4.78 is 22.8. The Morgan fingerprint density at radius 1 is 0.420 bits per heavy atom. The molecule has 2 heterocycles. The quantitative estimate of drug-likeness (QED) is 0.0204. The molecule has 12 unspecified atom stereocenters. The standard InChI is InChI=1S/C74H121NO13/c1-3-5-7-9-11-13-15-17-18-19-20-21-22-23-24-25-26-27-28-29-30-31-32-33-34-35-36-37-38-39-40-41-42-43-44-46-48-50-52-54-56-58-66(79)75-62(63(78)57-55-53-51-49-47-45-16-14-12-10-8-6-4-2)61-85-73-71(84)69(82)72(65(60-77)87-73)88-74-70(83)68(81)67(80)64(59-76)86-74/h5,7,11,13,17-18,20-21,23-24,26-27,29-30,32-33,35-36,38-39,47,49,55,57,62-65,67-74,76-78,80-84H,3-4,6,8-10,12,14-16,19,22,25,28,31,34,37,40-46,48,50-54,56,58-61H2,1-2H3,(H,75,79)/b7-5-,13-11-,18-17-,21-20-,24-23-,27-26-,30-29-,33-32-,36-35-,39-38-,49-47+,57-55+. The van der Waals surface area contributed by atoms with Crippen molar-refractivity contribution < 1.29 is 64.6 Å². The molecular weight excluding hydrogens is 1110 g/mol. The van der Waals surface area contributed by atoms with Crippen LogP contribution in [0.25, 0.3) is 0 Å². The van der Waals surface area contributed by atoms with Crippen molar-refractivity contribution in [1.82, 2.24) is 5.32 Å². The summed E-state index contributed by atoms with van der Waals surface area (Å²) in [5, 5.41) is 87.1. The van der Waals surface area contributed by atoms with Gasteiger partial charge >= 0.3 is 0 Å². The van der Waals surface area contributed by atoms with Crippen molar-refractivity contribution in [2.45, 2.75) is 293 Å². The van der Waals surface area contributed by atoms with Crippen LogP contribution in [0.2, 0.25) is 0 Å². The first kappa shape index (κ1) is 80.0. The second-order valence-corrected chi connectivity index (χ2v) is 23.2. The Bertz CT molecular complexity index is 2040. The maximum absolute atomic E-state index is 13.3. The Morgan fingerprint density at radius 2 is 0.795 bits per heavy atom. The number of nitrogens with one attached hydrogen (secondary N) is 1. The number of amides is 1. The number of carbonyl (C=O) groups excluding carboxylic acids is 1. The van der Waals surface area contributed by atoms with Gasteiger partial charge in [0.15, 0.2) is 12.6 Å². The number of aliphatic hydroxyl groups is 8. The second kappa shape index (κ2) is 56.8. The molecule has 2 rings (SSSR count). The van der Waals surface area contributed by atoms with Gasteiger partial charge in [-0.15, -0.1) is 0 Å². The SMILES string of the molecule is CC/C=C\C/C=C\C/C=C\C/C=C\C/C=C\C/C=C\C/C=C\C/C=C\C/C=C\C/C=C\CCCCCCCCCCCCC(=O)NC(COC1OC(CO)C(OC2OC(CO)C(O)C(O)C2O)C(O)C1O)C(O)/C=C/CC/C=C/CCCCCCCCC. The Balaban J connectivity index is 1.61. The van der Waals surface area contributed by atoms with Gasteiger partial charge in [-0.3, -0.25) is 4.79 Å². The highest BCUT2D eigenvalue weighted by Crippen LogP contribution is 2.30. The number of rotatable bonds is 53. The molecule has 2 saturated heterocycles. The van der Waals surface area contributed by atoms with Gasteiger partial charge in [0.1, 0.15) is 48.8 Å². The van der Waals surface area contributed by atoms with Crippen LogP contribution < -0.4 is 5.32 Å². The highest BCUT2D eigenvalue weighted by Gasteiger charge is 2.51. The van der Waals surface area contributed by atoms with Crippen molar-refractivity contribution in [1.29, 1.82) is 0 Å². The normalized spacial score (nSPS) is 24.1. The second-order valence-electron chi connectivity index (χ2n) is 23.2. The molecule has 88 heavy (non-hydrogen) atoms. The number of hydrogen-bond donors (Lipinski definition) is 9. The minimum Gasteiger partial charge on any atom is -0.394 e. The molecule has 2 fully saturated rings. The van der Waals surface area contributed by atoms with Crippen molar-refractivity contribution in [2.75, 3.05) is 19.8 Å². The highest BCUT2D eigenvalue weighted by molar-refractivity contribution is 5.76. The predicted molar refractivity (Wildman–Crippen MR) is 359 cm³/mol. The van der Waals surface area contributed by atoms with E-state index in [1.165, 1.54) is 83.5 Å². The first-order valence-electron chi connectivity index (χ1n) is 34.1. The van der Waals surface area contributed by atoms with Crippen molar-refractivity contribution in [2.24, 2.45) is 0 Å². The average molecular weight is 1230 g/mol. The summed E-state index contributed by atoms with van der Waals surface area (Å²) in [5.74, 6) is -0.261. The van der Waals surface area contributed by atoms with Crippen LogP contribution in [0.4, 0.5) is 0 Å². The number of unbranched alkanes of at least 4 members (excludes halogenated alkanes) is 18. The van der Waals surface area contributed by atoms with Gasteiger partial charge in [0, 0.05) is 6.42 Å².